The van der Waals surface area contributed by atoms with Crippen LogP contribution in [0.2, 0.25) is 0 Å². The molecule has 1 fully saturated rings. The third-order valence-corrected chi connectivity index (χ3v) is 4.47. The van der Waals surface area contributed by atoms with E-state index in [1.54, 1.807) is 13.3 Å². The van der Waals surface area contributed by atoms with Gasteiger partial charge in [0.25, 0.3) is 0 Å². The maximum absolute atomic E-state index is 12.8. The molecule has 6 heteroatoms. The molecule has 1 aliphatic heterocycles. The number of carbonyl (C=O) groups excluding carboxylic acids is 1. The van der Waals surface area contributed by atoms with Crippen molar-refractivity contribution in [2.75, 3.05) is 30.4 Å². The Labute approximate surface area is 148 Å². The van der Waals surface area contributed by atoms with Crippen LogP contribution in [0.25, 0.3) is 0 Å². The van der Waals surface area contributed by atoms with Crippen molar-refractivity contribution in [3.05, 3.63) is 41.7 Å². The second-order valence-electron chi connectivity index (χ2n) is 6.48. The van der Waals surface area contributed by atoms with E-state index < -0.39 is 0 Å². The predicted octanol–water partition coefficient (Wildman–Crippen LogP) is 2.96. The van der Waals surface area contributed by atoms with Gasteiger partial charge >= 0.3 is 0 Å². The lowest BCUT2D eigenvalue weighted by Crippen LogP contribution is -2.41. The maximum Gasteiger partial charge on any atom is 0.229 e. The van der Waals surface area contributed by atoms with E-state index in [1.807, 2.05) is 38.1 Å². The third-order valence-electron chi connectivity index (χ3n) is 4.47. The van der Waals surface area contributed by atoms with Gasteiger partial charge in [0.2, 0.25) is 11.9 Å². The topological polar surface area (TPSA) is 67.3 Å². The first-order chi connectivity index (χ1) is 12.1. The molecular weight excluding hydrogens is 316 g/mol. The van der Waals surface area contributed by atoms with Gasteiger partial charge in [0.15, 0.2) is 0 Å². The molecular formula is C19H24N4O2. The molecule has 6 nitrogen and oxygen atoms in total. The third kappa shape index (κ3) is 4.07. The highest BCUT2D eigenvalue weighted by Gasteiger charge is 2.27. The van der Waals surface area contributed by atoms with Crippen LogP contribution in [0.5, 0.6) is 5.75 Å². The first-order valence-corrected chi connectivity index (χ1v) is 8.57. The number of anilines is 2. The van der Waals surface area contributed by atoms with Crippen molar-refractivity contribution in [2.45, 2.75) is 26.7 Å². The maximum atomic E-state index is 12.8. The Kier molecular flexibility index (Phi) is 5.16. The summed E-state index contributed by atoms with van der Waals surface area (Å²) in [5.41, 5.74) is 2.73. The summed E-state index contributed by atoms with van der Waals surface area (Å²) in [5.74, 6) is 1.30. The van der Waals surface area contributed by atoms with Gasteiger partial charge in [-0.05, 0) is 50.5 Å². The van der Waals surface area contributed by atoms with E-state index in [1.165, 1.54) is 0 Å². The lowest BCUT2D eigenvalue weighted by Gasteiger charge is -2.32. The Morgan fingerprint density at radius 2 is 2.16 bits per heavy atom. The minimum absolute atomic E-state index is 0.0150. The van der Waals surface area contributed by atoms with Gasteiger partial charge in [-0.15, -0.1) is 0 Å². The van der Waals surface area contributed by atoms with Crippen LogP contribution in [0, 0.1) is 19.8 Å². The highest BCUT2D eigenvalue weighted by Crippen LogP contribution is 2.27. The molecule has 1 atom stereocenters. The quantitative estimate of drug-likeness (QED) is 0.927. The second kappa shape index (κ2) is 7.51. The van der Waals surface area contributed by atoms with Crippen molar-refractivity contribution in [1.29, 1.82) is 0 Å². The number of amides is 1. The second-order valence-corrected chi connectivity index (χ2v) is 6.48. The van der Waals surface area contributed by atoms with Crippen molar-refractivity contribution in [1.82, 2.24) is 9.97 Å². The van der Waals surface area contributed by atoms with Crippen LogP contribution in [0.3, 0.4) is 0 Å². The van der Waals surface area contributed by atoms with Crippen LogP contribution in [-0.2, 0) is 4.79 Å². The van der Waals surface area contributed by atoms with Gasteiger partial charge in [-0.1, -0.05) is 6.07 Å². The standard InChI is InChI=1S/C19H24N4O2/c1-13-6-7-17(25-3)16(11-13)22-18(24)15-5-4-10-23(12-15)19-20-9-8-14(2)21-19/h6-9,11,15H,4-5,10,12H2,1-3H3,(H,22,24). The molecule has 1 aromatic carbocycles. The fourth-order valence-corrected chi connectivity index (χ4v) is 3.12. The van der Waals surface area contributed by atoms with Gasteiger partial charge in [-0.3, -0.25) is 4.79 Å². The summed E-state index contributed by atoms with van der Waals surface area (Å²) < 4.78 is 5.35. The molecule has 1 unspecified atom stereocenters. The minimum Gasteiger partial charge on any atom is -0.495 e. The summed E-state index contributed by atoms with van der Waals surface area (Å²) in [7, 11) is 1.61. The highest BCUT2D eigenvalue weighted by molar-refractivity contribution is 5.94. The van der Waals surface area contributed by atoms with Crippen molar-refractivity contribution in [3.8, 4) is 5.75 Å². The average molecular weight is 340 g/mol. The number of ether oxygens (including phenoxy) is 1. The zero-order chi connectivity index (χ0) is 17.8. The zero-order valence-electron chi connectivity index (χ0n) is 15.0. The molecule has 2 aromatic rings. The Balaban J connectivity index is 1.71. The van der Waals surface area contributed by atoms with Gasteiger partial charge in [0.05, 0.1) is 18.7 Å². The van der Waals surface area contributed by atoms with E-state index >= 15 is 0 Å². The summed E-state index contributed by atoms with van der Waals surface area (Å²) in [6, 6.07) is 7.65. The number of nitrogens with zero attached hydrogens (tertiary/aromatic N) is 3. The average Bonchev–Trinajstić information content (AvgIpc) is 2.62. The van der Waals surface area contributed by atoms with E-state index in [-0.39, 0.29) is 11.8 Å². The summed E-state index contributed by atoms with van der Waals surface area (Å²) in [6.45, 7) is 5.44. The smallest absolute Gasteiger partial charge is 0.229 e. The van der Waals surface area contributed by atoms with E-state index in [0.717, 1.165) is 36.3 Å². The first-order valence-electron chi connectivity index (χ1n) is 8.57. The summed E-state index contributed by atoms with van der Waals surface area (Å²) in [4.78, 5) is 23.7. The normalized spacial score (nSPS) is 17.2. The minimum atomic E-state index is -0.0944. The number of carbonyl (C=O) groups is 1. The number of rotatable bonds is 4. The van der Waals surface area contributed by atoms with Crippen LogP contribution >= 0.6 is 0 Å². The molecule has 0 spiro atoms. The van der Waals surface area contributed by atoms with Crippen molar-refractivity contribution >= 4 is 17.5 Å². The van der Waals surface area contributed by atoms with Crippen LogP contribution in [0.1, 0.15) is 24.1 Å². The molecule has 1 aromatic heterocycles. The van der Waals surface area contributed by atoms with Gasteiger partial charge in [-0.2, -0.15) is 0 Å². The molecule has 132 valence electrons. The predicted molar refractivity (Wildman–Crippen MR) is 98.1 cm³/mol. The molecule has 1 N–H and O–H groups in total. The fourth-order valence-electron chi connectivity index (χ4n) is 3.12. The number of piperidine rings is 1. The van der Waals surface area contributed by atoms with Crippen LogP contribution in [-0.4, -0.2) is 36.1 Å². The number of hydrogen-bond donors (Lipinski definition) is 1. The number of benzene rings is 1. The van der Waals surface area contributed by atoms with Crippen molar-refractivity contribution < 1.29 is 9.53 Å². The number of aryl methyl sites for hydroxylation is 2. The fraction of sp³-hybridized carbons (Fsp3) is 0.421. The molecule has 2 heterocycles. The Morgan fingerprint density at radius 3 is 2.92 bits per heavy atom. The Morgan fingerprint density at radius 1 is 1.32 bits per heavy atom. The van der Waals surface area contributed by atoms with Gasteiger partial charge in [0, 0.05) is 25.0 Å². The molecule has 0 aliphatic carbocycles. The number of hydrogen-bond acceptors (Lipinski definition) is 5. The van der Waals surface area contributed by atoms with E-state index in [2.05, 4.69) is 20.2 Å². The van der Waals surface area contributed by atoms with E-state index in [0.29, 0.717) is 18.2 Å². The Hall–Kier alpha value is -2.63. The molecule has 1 saturated heterocycles. The van der Waals surface area contributed by atoms with E-state index in [9.17, 15) is 4.79 Å². The van der Waals surface area contributed by atoms with Gasteiger partial charge < -0.3 is 15.0 Å². The molecule has 1 aliphatic rings. The monoisotopic (exact) mass is 340 g/mol. The van der Waals surface area contributed by atoms with Crippen LogP contribution in [0.4, 0.5) is 11.6 Å². The largest absolute Gasteiger partial charge is 0.495 e. The number of aromatic nitrogens is 2. The summed E-state index contributed by atoms with van der Waals surface area (Å²) >= 11 is 0. The SMILES string of the molecule is COc1ccc(C)cc1NC(=O)C1CCCN(c2nccc(C)n2)C1. The lowest BCUT2D eigenvalue weighted by molar-refractivity contribution is -0.120. The van der Waals surface area contributed by atoms with Crippen LogP contribution in [0.15, 0.2) is 30.5 Å². The number of methoxy groups -OCH3 is 1. The highest BCUT2D eigenvalue weighted by atomic mass is 16.5. The molecule has 3 rings (SSSR count). The molecule has 0 bridgehead atoms. The van der Waals surface area contributed by atoms with Crippen LogP contribution < -0.4 is 15.0 Å². The summed E-state index contributed by atoms with van der Waals surface area (Å²) in [5, 5.41) is 3.02. The molecule has 25 heavy (non-hydrogen) atoms. The van der Waals surface area contributed by atoms with Crippen molar-refractivity contribution in [2.24, 2.45) is 5.92 Å². The number of nitrogens with one attached hydrogen (secondary N) is 1. The molecule has 0 radical (unpaired) electrons. The molecule has 1 amide bonds. The first kappa shape index (κ1) is 17.2. The van der Waals surface area contributed by atoms with Crippen molar-refractivity contribution in [3.63, 3.8) is 0 Å². The van der Waals surface area contributed by atoms with E-state index in [4.69, 9.17) is 4.74 Å². The Bertz CT molecular complexity index is 763. The van der Waals surface area contributed by atoms with Gasteiger partial charge in [0.1, 0.15) is 5.75 Å². The zero-order valence-corrected chi connectivity index (χ0v) is 15.0. The molecule has 0 saturated carbocycles. The lowest BCUT2D eigenvalue weighted by atomic mass is 9.97. The van der Waals surface area contributed by atoms with Gasteiger partial charge in [-0.25, -0.2) is 9.97 Å². The summed E-state index contributed by atoms with van der Waals surface area (Å²) in [6.07, 6.45) is 3.57.